The number of halogens is 1. The quantitative estimate of drug-likeness (QED) is 0.666. The number of rotatable bonds is 0. The van der Waals surface area contributed by atoms with Crippen LogP contribution in [-0.4, -0.2) is 9.55 Å². The monoisotopic (exact) mass is 220 g/mol. The molecule has 1 unspecified atom stereocenters. The first-order valence-electron chi connectivity index (χ1n) is 5.39. The third kappa shape index (κ3) is 1.36. The second-order valence-electron chi connectivity index (χ2n) is 4.39. The fraction of sp³-hybridized carbons (Fsp3) is 0.417. The van der Waals surface area contributed by atoms with Crippen LogP contribution < -0.4 is 0 Å². The molecule has 0 fully saturated rings. The predicted octanol–water partition coefficient (Wildman–Crippen LogP) is 3.27. The lowest BCUT2D eigenvalue weighted by atomic mass is 10.0. The second-order valence-corrected chi connectivity index (χ2v) is 4.79. The van der Waals surface area contributed by atoms with Crippen molar-refractivity contribution in [1.29, 1.82) is 0 Å². The predicted molar refractivity (Wildman–Crippen MR) is 62.2 cm³/mol. The lowest BCUT2D eigenvalue weighted by Gasteiger charge is -2.20. The zero-order valence-electron chi connectivity index (χ0n) is 8.70. The van der Waals surface area contributed by atoms with Gasteiger partial charge in [0.15, 0.2) is 0 Å². The van der Waals surface area contributed by atoms with Gasteiger partial charge < -0.3 is 4.57 Å². The van der Waals surface area contributed by atoms with Crippen molar-refractivity contribution in [3.8, 4) is 0 Å². The van der Waals surface area contributed by atoms with E-state index >= 15 is 0 Å². The van der Waals surface area contributed by atoms with Crippen LogP contribution in [0.1, 0.15) is 19.2 Å². The number of aromatic nitrogens is 2. The van der Waals surface area contributed by atoms with Gasteiger partial charge in [-0.3, -0.25) is 0 Å². The Balaban J connectivity index is 2.29. The number of fused-ring (bicyclic) bond motifs is 3. The van der Waals surface area contributed by atoms with Crippen molar-refractivity contribution in [3.63, 3.8) is 0 Å². The number of para-hydroxylation sites is 1. The van der Waals surface area contributed by atoms with E-state index in [4.69, 9.17) is 11.6 Å². The number of nitrogens with zero attached hydrogens (tertiary/aromatic N) is 2. The highest BCUT2D eigenvalue weighted by molar-refractivity contribution is 6.35. The topological polar surface area (TPSA) is 17.8 Å². The molecule has 0 radical (unpaired) electrons. The normalized spacial score (nSPS) is 20.5. The largest absolute Gasteiger partial charge is 0.327 e. The lowest BCUT2D eigenvalue weighted by molar-refractivity contribution is 0.415. The Morgan fingerprint density at radius 2 is 2.33 bits per heavy atom. The van der Waals surface area contributed by atoms with E-state index in [1.807, 2.05) is 18.2 Å². The van der Waals surface area contributed by atoms with E-state index in [1.54, 1.807) is 0 Å². The van der Waals surface area contributed by atoms with Crippen molar-refractivity contribution in [2.75, 3.05) is 0 Å². The number of hydrogen-bond donors (Lipinski definition) is 0. The molecule has 78 valence electrons. The highest BCUT2D eigenvalue weighted by Gasteiger charge is 2.19. The van der Waals surface area contributed by atoms with E-state index < -0.39 is 0 Å². The van der Waals surface area contributed by atoms with Crippen LogP contribution in [0.5, 0.6) is 0 Å². The van der Waals surface area contributed by atoms with E-state index in [9.17, 15) is 0 Å². The number of hydrogen-bond acceptors (Lipinski definition) is 1. The third-order valence-electron chi connectivity index (χ3n) is 3.17. The summed E-state index contributed by atoms with van der Waals surface area (Å²) in [6.07, 6.45) is 2.30. The average Bonchev–Trinajstić information content (AvgIpc) is 2.56. The molecule has 1 aliphatic rings. The van der Waals surface area contributed by atoms with Gasteiger partial charge in [-0.1, -0.05) is 24.6 Å². The molecular formula is C12H13ClN2. The maximum atomic E-state index is 6.21. The first kappa shape index (κ1) is 9.22. The summed E-state index contributed by atoms with van der Waals surface area (Å²) < 4.78 is 2.28. The molecule has 0 N–H and O–H groups in total. The van der Waals surface area contributed by atoms with Gasteiger partial charge in [0.05, 0.1) is 16.1 Å². The molecule has 0 spiro atoms. The highest BCUT2D eigenvalue weighted by Crippen LogP contribution is 2.29. The summed E-state index contributed by atoms with van der Waals surface area (Å²) in [6.45, 7) is 3.33. The smallest absolute Gasteiger partial charge is 0.110 e. The molecule has 0 amide bonds. The first-order valence-corrected chi connectivity index (χ1v) is 5.77. The van der Waals surface area contributed by atoms with Crippen LogP contribution in [0, 0.1) is 5.92 Å². The lowest BCUT2D eigenvalue weighted by Crippen LogP contribution is -2.17. The van der Waals surface area contributed by atoms with Crippen LogP contribution in [0.25, 0.3) is 11.0 Å². The highest BCUT2D eigenvalue weighted by atomic mass is 35.5. The maximum absolute atomic E-state index is 6.21. The summed E-state index contributed by atoms with van der Waals surface area (Å²) in [5, 5.41) is 0.820. The second kappa shape index (κ2) is 3.24. The van der Waals surface area contributed by atoms with E-state index in [-0.39, 0.29) is 0 Å². The number of aryl methyl sites for hydroxylation is 1. The van der Waals surface area contributed by atoms with Gasteiger partial charge in [-0.25, -0.2) is 4.98 Å². The van der Waals surface area contributed by atoms with E-state index in [1.165, 1.54) is 12.2 Å². The number of imidazole rings is 1. The standard InChI is InChI=1S/C12H13ClN2/c1-8-5-6-15-11(7-8)14-10-4-2-3-9(13)12(10)15/h2-4,8H,5-7H2,1H3. The van der Waals surface area contributed by atoms with Gasteiger partial charge in [0, 0.05) is 13.0 Å². The molecule has 1 aliphatic heterocycles. The molecule has 15 heavy (non-hydrogen) atoms. The fourth-order valence-electron chi connectivity index (χ4n) is 2.35. The SMILES string of the molecule is CC1CCn2c(nc3cccc(Cl)c32)C1. The molecule has 2 nitrogen and oxygen atoms in total. The van der Waals surface area contributed by atoms with Gasteiger partial charge >= 0.3 is 0 Å². The van der Waals surface area contributed by atoms with Crippen LogP contribution >= 0.6 is 11.6 Å². The molecule has 3 rings (SSSR count). The van der Waals surface area contributed by atoms with Crippen molar-refractivity contribution in [2.24, 2.45) is 5.92 Å². The van der Waals surface area contributed by atoms with Crippen LogP contribution in [0.4, 0.5) is 0 Å². The molecule has 3 heteroatoms. The average molecular weight is 221 g/mol. The summed E-state index contributed by atoms with van der Waals surface area (Å²) in [5.74, 6) is 1.94. The minimum Gasteiger partial charge on any atom is -0.327 e. The van der Waals surface area contributed by atoms with E-state index in [2.05, 4.69) is 16.5 Å². The molecular weight excluding hydrogens is 208 g/mol. The molecule has 2 aromatic rings. The molecule has 0 saturated heterocycles. The zero-order chi connectivity index (χ0) is 10.4. The van der Waals surface area contributed by atoms with Crippen LogP contribution in [0.15, 0.2) is 18.2 Å². The summed E-state index contributed by atoms with van der Waals surface area (Å²) >= 11 is 6.21. The molecule has 1 aromatic heterocycles. The number of benzene rings is 1. The summed E-state index contributed by atoms with van der Waals surface area (Å²) in [6, 6.07) is 5.95. The minimum absolute atomic E-state index is 0.744. The Morgan fingerprint density at radius 3 is 3.20 bits per heavy atom. The molecule has 1 aromatic carbocycles. The van der Waals surface area contributed by atoms with Crippen molar-refractivity contribution >= 4 is 22.6 Å². The molecule has 2 heterocycles. The summed E-state index contributed by atoms with van der Waals surface area (Å²) in [4.78, 5) is 4.64. The Bertz CT molecular complexity index is 516. The van der Waals surface area contributed by atoms with Gasteiger partial charge in [0.2, 0.25) is 0 Å². The molecule has 1 atom stereocenters. The Hall–Kier alpha value is -1.02. The van der Waals surface area contributed by atoms with Crippen LogP contribution in [-0.2, 0) is 13.0 Å². The first-order chi connectivity index (χ1) is 7.25. The Morgan fingerprint density at radius 1 is 1.47 bits per heavy atom. The van der Waals surface area contributed by atoms with Crippen molar-refractivity contribution < 1.29 is 0 Å². The van der Waals surface area contributed by atoms with Crippen molar-refractivity contribution in [2.45, 2.75) is 26.3 Å². The van der Waals surface area contributed by atoms with Gasteiger partial charge in [0.25, 0.3) is 0 Å². The Labute approximate surface area is 93.9 Å². The third-order valence-corrected chi connectivity index (χ3v) is 3.48. The molecule has 0 bridgehead atoms. The van der Waals surface area contributed by atoms with Crippen LogP contribution in [0.2, 0.25) is 5.02 Å². The zero-order valence-corrected chi connectivity index (χ0v) is 9.46. The minimum atomic E-state index is 0.744. The van der Waals surface area contributed by atoms with Gasteiger partial charge in [-0.05, 0) is 24.5 Å². The van der Waals surface area contributed by atoms with Crippen molar-refractivity contribution in [1.82, 2.24) is 9.55 Å². The fourth-order valence-corrected chi connectivity index (χ4v) is 2.62. The summed E-state index contributed by atoms with van der Waals surface area (Å²) in [5.41, 5.74) is 2.15. The maximum Gasteiger partial charge on any atom is 0.110 e. The van der Waals surface area contributed by atoms with Gasteiger partial charge in [-0.15, -0.1) is 0 Å². The van der Waals surface area contributed by atoms with Gasteiger partial charge in [0.1, 0.15) is 5.82 Å². The van der Waals surface area contributed by atoms with E-state index in [0.29, 0.717) is 0 Å². The van der Waals surface area contributed by atoms with E-state index in [0.717, 1.165) is 34.9 Å². The van der Waals surface area contributed by atoms with Crippen molar-refractivity contribution in [3.05, 3.63) is 29.0 Å². The Kier molecular flexibility index (Phi) is 1.99. The molecule has 0 aliphatic carbocycles. The van der Waals surface area contributed by atoms with Crippen LogP contribution in [0.3, 0.4) is 0 Å². The summed E-state index contributed by atoms with van der Waals surface area (Å²) in [7, 11) is 0. The van der Waals surface area contributed by atoms with Gasteiger partial charge in [-0.2, -0.15) is 0 Å². The molecule has 0 saturated carbocycles.